The van der Waals surface area contributed by atoms with Crippen LogP contribution in [0, 0.1) is 29.1 Å². The summed E-state index contributed by atoms with van der Waals surface area (Å²) in [6, 6.07) is 0. The summed E-state index contributed by atoms with van der Waals surface area (Å²) in [5.41, 5.74) is -0.527. The number of rotatable bonds is 0. The molecule has 6 fully saturated rings. The van der Waals surface area contributed by atoms with Crippen LogP contribution in [0.5, 0.6) is 0 Å². The van der Waals surface area contributed by atoms with Crippen LogP contribution in [0.4, 0.5) is 0 Å². The van der Waals surface area contributed by atoms with Crippen molar-refractivity contribution in [1.29, 1.82) is 0 Å². The van der Waals surface area contributed by atoms with Gasteiger partial charge in [-0.1, -0.05) is 20.8 Å². The van der Waals surface area contributed by atoms with Gasteiger partial charge in [-0.05, 0) is 43.9 Å². The average Bonchev–Trinajstić information content (AvgIpc) is 2.67. The molecule has 6 rings (SSSR count). The fraction of sp³-hybridized carbons (Fsp3) is 1.00. The van der Waals surface area contributed by atoms with Gasteiger partial charge in [-0.3, -0.25) is 0 Å². The third kappa shape index (κ3) is 1.66. The van der Waals surface area contributed by atoms with Crippen molar-refractivity contribution in [2.24, 2.45) is 29.1 Å². The Morgan fingerprint density at radius 1 is 0.957 bits per heavy atom. The monoisotopic (exact) mass is 324 g/mol. The molecule has 5 heterocycles. The molecule has 0 aromatic rings. The summed E-state index contributed by atoms with van der Waals surface area (Å²) in [6.07, 6.45) is 3.71. The molecule has 2 bridgehead atoms. The molecule has 0 amide bonds. The van der Waals surface area contributed by atoms with Crippen molar-refractivity contribution in [3.05, 3.63) is 0 Å². The zero-order valence-electron chi connectivity index (χ0n) is 14.5. The highest BCUT2D eigenvalue weighted by atomic mass is 17.3. The topological polar surface area (TPSA) is 46.2 Å². The van der Waals surface area contributed by atoms with Crippen LogP contribution in [0.2, 0.25) is 0 Å². The summed E-state index contributed by atoms with van der Waals surface area (Å²) >= 11 is 0. The highest BCUT2D eigenvalue weighted by Crippen LogP contribution is 2.66. The minimum atomic E-state index is -0.699. The van der Waals surface area contributed by atoms with E-state index in [0.717, 1.165) is 25.9 Å². The van der Waals surface area contributed by atoms with E-state index in [1.807, 2.05) is 6.92 Å². The zero-order valence-corrected chi connectivity index (χ0v) is 14.5. The molecule has 0 N–H and O–H groups in total. The smallest absolute Gasteiger partial charge is 0.201 e. The van der Waals surface area contributed by atoms with Gasteiger partial charge in [0.05, 0.1) is 6.61 Å². The number of hydrogen-bond donors (Lipinski definition) is 0. The lowest BCUT2D eigenvalue weighted by Gasteiger charge is -2.63. The van der Waals surface area contributed by atoms with Crippen molar-refractivity contribution in [3.8, 4) is 0 Å². The Labute approximate surface area is 137 Å². The van der Waals surface area contributed by atoms with Gasteiger partial charge in [-0.25, -0.2) is 9.78 Å². The van der Waals surface area contributed by atoms with Gasteiger partial charge in [-0.15, -0.1) is 0 Å². The highest BCUT2D eigenvalue weighted by molar-refractivity contribution is 5.14. The van der Waals surface area contributed by atoms with Crippen LogP contribution in [0.1, 0.15) is 53.4 Å². The molecule has 5 saturated heterocycles. The summed E-state index contributed by atoms with van der Waals surface area (Å²) in [5, 5.41) is 0. The summed E-state index contributed by atoms with van der Waals surface area (Å²) in [4.78, 5) is 12.1. The Balaban J connectivity index is 1.67. The first-order valence-electron chi connectivity index (χ1n) is 9.22. The molecule has 1 saturated carbocycles. The summed E-state index contributed by atoms with van der Waals surface area (Å²) in [5.74, 6) is 1.11. The van der Waals surface area contributed by atoms with E-state index in [9.17, 15) is 0 Å². The molecule has 9 atom stereocenters. The SMILES string of the molecule is C[C@@H]1CC[C@H]2[C@@]3(C)[C@H](OC[C@@H]3C)O[C@@H]3O[C@@]4(C)CC[C@@H]1[C@]32OO4. The van der Waals surface area contributed by atoms with Crippen LogP contribution < -0.4 is 0 Å². The largest absolute Gasteiger partial charge is 0.352 e. The molecule has 5 nitrogen and oxygen atoms in total. The molecular weight excluding hydrogens is 296 g/mol. The molecule has 0 unspecified atom stereocenters. The van der Waals surface area contributed by atoms with E-state index < -0.39 is 11.4 Å². The fourth-order valence-electron chi connectivity index (χ4n) is 6.14. The molecule has 1 spiro atoms. The Morgan fingerprint density at radius 2 is 1.78 bits per heavy atom. The van der Waals surface area contributed by atoms with Crippen LogP contribution in [0.15, 0.2) is 0 Å². The van der Waals surface area contributed by atoms with E-state index in [4.69, 9.17) is 24.0 Å². The standard InChI is InChI=1S/C18H28O5/c1-10-5-6-13-17(4)11(2)9-19-14(17)20-15-18(13)12(10)7-8-16(3,21-15)22-23-18/h10-15H,5-9H2,1-4H3/t10-,11+,12+,13+,14-,15-,16-,17+,18-/m1/s1. The van der Waals surface area contributed by atoms with Crippen LogP contribution >= 0.6 is 0 Å². The second kappa shape index (κ2) is 4.50. The van der Waals surface area contributed by atoms with Crippen molar-refractivity contribution in [2.45, 2.75) is 77.3 Å². The molecule has 23 heavy (non-hydrogen) atoms. The van der Waals surface area contributed by atoms with E-state index in [1.165, 1.54) is 6.42 Å². The Bertz CT molecular complexity index is 526. The third-order valence-electron chi connectivity index (χ3n) is 7.78. The van der Waals surface area contributed by atoms with Crippen LogP contribution in [-0.2, 0) is 24.0 Å². The lowest BCUT2D eigenvalue weighted by molar-refractivity contribution is -0.580. The highest BCUT2D eigenvalue weighted by Gasteiger charge is 2.74. The average molecular weight is 324 g/mol. The number of fused-ring (bicyclic) bond motifs is 4. The normalized spacial score (nSPS) is 64.2. The quantitative estimate of drug-likeness (QED) is 0.640. The Morgan fingerprint density at radius 3 is 2.61 bits per heavy atom. The minimum Gasteiger partial charge on any atom is -0.352 e. The van der Waals surface area contributed by atoms with E-state index in [-0.39, 0.29) is 18.0 Å². The third-order valence-corrected chi connectivity index (χ3v) is 7.78. The van der Waals surface area contributed by atoms with Crippen molar-refractivity contribution in [2.75, 3.05) is 6.61 Å². The van der Waals surface area contributed by atoms with Gasteiger partial charge >= 0.3 is 0 Å². The lowest BCUT2D eigenvalue weighted by atomic mass is 9.51. The molecule has 0 radical (unpaired) electrons. The van der Waals surface area contributed by atoms with Gasteiger partial charge in [0.1, 0.15) is 0 Å². The first kappa shape index (κ1) is 15.1. The van der Waals surface area contributed by atoms with Gasteiger partial charge < -0.3 is 14.2 Å². The van der Waals surface area contributed by atoms with Crippen LogP contribution in [0.3, 0.4) is 0 Å². The summed E-state index contributed by atoms with van der Waals surface area (Å²) in [6.45, 7) is 9.66. The molecule has 1 aliphatic carbocycles. The maximum Gasteiger partial charge on any atom is 0.201 e. The van der Waals surface area contributed by atoms with Gasteiger partial charge in [-0.2, -0.15) is 0 Å². The van der Waals surface area contributed by atoms with Crippen molar-refractivity contribution in [1.82, 2.24) is 0 Å². The van der Waals surface area contributed by atoms with Gasteiger partial charge in [0.15, 0.2) is 18.2 Å². The predicted octanol–water partition coefficient (Wildman–Crippen LogP) is 3.23. The van der Waals surface area contributed by atoms with Gasteiger partial charge in [0, 0.05) is 17.8 Å². The lowest BCUT2D eigenvalue weighted by Crippen LogP contribution is -2.73. The van der Waals surface area contributed by atoms with E-state index in [1.54, 1.807) is 0 Å². The van der Waals surface area contributed by atoms with E-state index >= 15 is 0 Å². The zero-order chi connectivity index (χ0) is 16.0. The molecule has 6 aliphatic rings. The summed E-state index contributed by atoms with van der Waals surface area (Å²) in [7, 11) is 0. The molecule has 130 valence electrons. The van der Waals surface area contributed by atoms with Crippen molar-refractivity contribution < 1.29 is 24.0 Å². The first-order chi connectivity index (χ1) is 10.9. The van der Waals surface area contributed by atoms with Crippen LogP contribution in [-0.4, -0.2) is 30.6 Å². The second-order valence-electron chi connectivity index (χ2n) is 8.92. The maximum atomic E-state index is 6.39. The Kier molecular flexibility index (Phi) is 2.95. The Hall–Kier alpha value is -0.200. The number of ether oxygens (including phenoxy) is 3. The van der Waals surface area contributed by atoms with Gasteiger partial charge in [0.2, 0.25) is 5.79 Å². The molecule has 0 aromatic heterocycles. The maximum absolute atomic E-state index is 6.39. The van der Waals surface area contributed by atoms with E-state index in [2.05, 4.69) is 20.8 Å². The summed E-state index contributed by atoms with van der Waals surface area (Å²) < 4.78 is 18.7. The second-order valence-corrected chi connectivity index (χ2v) is 8.92. The van der Waals surface area contributed by atoms with Crippen LogP contribution in [0.25, 0.3) is 0 Å². The molecule has 5 aliphatic heterocycles. The minimum absolute atomic E-state index is 0.0420. The van der Waals surface area contributed by atoms with Crippen molar-refractivity contribution >= 4 is 0 Å². The molecule has 0 aromatic carbocycles. The predicted molar refractivity (Wildman–Crippen MR) is 80.9 cm³/mol. The van der Waals surface area contributed by atoms with E-state index in [0.29, 0.717) is 23.7 Å². The molecule has 5 heteroatoms. The van der Waals surface area contributed by atoms with Gasteiger partial charge in [0.25, 0.3) is 0 Å². The number of hydrogen-bond acceptors (Lipinski definition) is 5. The van der Waals surface area contributed by atoms with Crippen molar-refractivity contribution in [3.63, 3.8) is 0 Å². The first-order valence-corrected chi connectivity index (χ1v) is 9.22. The fourth-order valence-corrected chi connectivity index (χ4v) is 6.14. The molecular formula is C18H28O5.